The molecular formula is C9H18N6O2S. The van der Waals surface area contributed by atoms with Crippen LogP contribution >= 0.6 is 11.3 Å². The lowest BCUT2D eigenvalue weighted by atomic mass is 10.5. The summed E-state index contributed by atoms with van der Waals surface area (Å²) in [7, 11) is 3.43. The Labute approximate surface area is 109 Å². The number of amides is 1. The van der Waals surface area contributed by atoms with Crippen molar-refractivity contribution in [3.8, 4) is 0 Å². The van der Waals surface area contributed by atoms with Gasteiger partial charge in [0.05, 0.1) is 19.7 Å². The van der Waals surface area contributed by atoms with Crippen LogP contribution in [-0.4, -0.2) is 54.9 Å². The van der Waals surface area contributed by atoms with E-state index >= 15 is 0 Å². The number of ether oxygens (including phenoxy) is 1. The fourth-order valence-electron chi connectivity index (χ4n) is 1.26. The predicted molar refractivity (Wildman–Crippen MR) is 68.9 cm³/mol. The largest absolute Gasteiger partial charge is 0.383 e. The Hall–Kier alpha value is -1.29. The number of hydrazine groups is 1. The summed E-state index contributed by atoms with van der Waals surface area (Å²) in [6, 6.07) is 0. The Bertz CT molecular complexity index is 372. The van der Waals surface area contributed by atoms with Gasteiger partial charge < -0.3 is 10.1 Å². The summed E-state index contributed by atoms with van der Waals surface area (Å²) < 4.78 is 4.84. The van der Waals surface area contributed by atoms with E-state index in [0.29, 0.717) is 31.4 Å². The minimum Gasteiger partial charge on any atom is -0.383 e. The SMILES string of the molecule is COCCNC(=O)CN(C)Cc1nnc(NN)s1. The second-order valence-corrected chi connectivity index (χ2v) is 4.72. The number of nitrogens with two attached hydrogens (primary N) is 1. The van der Waals surface area contributed by atoms with Crippen LogP contribution in [0.2, 0.25) is 0 Å². The van der Waals surface area contributed by atoms with Gasteiger partial charge in [0, 0.05) is 13.7 Å². The maximum absolute atomic E-state index is 11.5. The minimum atomic E-state index is -0.0451. The first-order valence-electron chi connectivity index (χ1n) is 5.39. The Morgan fingerprint density at radius 3 is 2.94 bits per heavy atom. The van der Waals surface area contributed by atoms with Crippen molar-refractivity contribution in [2.75, 3.05) is 39.3 Å². The second-order valence-electron chi connectivity index (χ2n) is 3.66. The molecule has 1 aromatic heterocycles. The van der Waals surface area contributed by atoms with E-state index in [2.05, 4.69) is 20.9 Å². The maximum atomic E-state index is 11.5. The van der Waals surface area contributed by atoms with Crippen LogP contribution in [0.4, 0.5) is 5.13 Å². The molecule has 0 unspecified atom stereocenters. The van der Waals surface area contributed by atoms with Gasteiger partial charge in [-0.1, -0.05) is 11.3 Å². The molecule has 8 nitrogen and oxygen atoms in total. The molecular weight excluding hydrogens is 256 g/mol. The number of rotatable bonds is 8. The summed E-state index contributed by atoms with van der Waals surface area (Å²) in [4.78, 5) is 13.4. The first-order chi connectivity index (χ1) is 8.65. The Morgan fingerprint density at radius 2 is 2.33 bits per heavy atom. The standard InChI is InChI=1S/C9H18N6O2S/c1-15(5-7(16)11-3-4-17-2)6-8-13-14-9(12-10)18-8/h3-6,10H2,1-2H3,(H,11,16)(H,12,14). The molecule has 0 bridgehead atoms. The predicted octanol–water partition coefficient (Wildman–Crippen LogP) is -0.982. The molecule has 1 heterocycles. The molecule has 0 saturated heterocycles. The molecule has 1 aromatic rings. The van der Waals surface area contributed by atoms with Gasteiger partial charge in [-0.2, -0.15) is 0 Å². The maximum Gasteiger partial charge on any atom is 0.234 e. The third kappa shape index (κ3) is 5.36. The first kappa shape index (κ1) is 14.8. The van der Waals surface area contributed by atoms with Crippen LogP contribution in [0.1, 0.15) is 5.01 Å². The summed E-state index contributed by atoms with van der Waals surface area (Å²) >= 11 is 1.36. The Balaban J connectivity index is 2.27. The van der Waals surface area contributed by atoms with Gasteiger partial charge in [0.15, 0.2) is 0 Å². The lowest BCUT2D eigenvalue weighted by Gasteiger charge is -2.14. The number of likely N-dealkylation sites (N-methyl/N-ethyl adjacent to an activating group) is 1. The smallest absolute Gasteiger partial charge is 0.234 e. The van der Waals surface area contributed by atoms with Crippen LogP contribution in [-0.2, 0) is 16.1 Å². The van der Waals surface area contributed by atoms with Crippen molar-refractivity contribution in [1.82, 2.24) is 20.4 Å². The molecule has 0 fully saturated rings. The highest BCUT2D eigenvalue weighted by atomic mass is 32.1. The van der Waals surface area contributed by atoms with Crippen molar-refractivity contribution in [3.05, 3.63) is 5.01 Å². The molecule has 102 valence electrons. The summed E-state index contributed by atoms with van der Waals surface area (Å²) in [5.74, 6) is 5.17. The van der Waals surface area contributed by atoms with Crippen LogP contribution in [0.3, 0.4) is 0 Å². The fraction of sp³-hybridized carbons (Fsp3) is 0.667. The summed E-state index contributed by atoms with van der Waals surface area (Å²) in [6.07, 6.45) is 0. The highest BCUT2D eigenvalue weighted by molar-refractivity contribution is 7.15. The molecule has 9 heteroatoms. The van der Waals surface area contributed by atoms with E-state index in [-0.39, 0.29) is 5.91 Å². The molecule has 0 saturated carbocycles. The van der Waals surface area contributed by atoms with E-state index in [1.54, 1.807) is 7.11 Å². The molecule has 18 heavy (non-hydrogen) atoms. The number of aromatic nitrogens is 2. The molecule has 0 aliphatic heterocycles. The van der Waals surface area contributed by atoms with Crippen molar-refractivity contribution in [3.63, 3.8) is 0 Å². The van der Waals surface area contributed by atoms with E-state index in [4.69, 9.17) is 10.6 Å². The minimum absolute atomic E-state index is 0.0451. The number of methoxy groups -OCH3 is 1. The fourth-order valence-corrected chi connectivity index (χ4v) is 1.99. The number of nitrogen functional groups attached to an aromatic ring is 1. The number of nitrogens with one attached hydrogen (secondary N) is 2. The van der Waals surface area contributed by atoms with E-state index in [9.17, 15) is 4.79 Å². The number of hydrogen-bond acceptors (Lipinski definition) is 8. The lowest BCUT2D eigenvalue weighted by Crippen LogP contribution is -2.36. The third-order valence-electron chi connectivity index (χ3n) is 2.04. The van der Waals surface area contributed by atoms with Crippen LogP contribution in [0.25, 0.3) is 0 Å². The molecule has 0 atom stereocenters. The van der Waals surface area contributed by atoms with Crippen LogP contribution < -0.4 is 16.6 Å². The van der Waals surface area contributed by atoms with Crippen LogP contribution in [0.15, 0.2) is 0 Å². The highest BCUT2D eigenvalue weighted by Gasteiger charge is 2.09. The van der Waals surface area contributed by atoms with Gasteiger partial charge in [0.2, 0.25) is 11.0 Å². The molecule has 0 spiro atoms. The van der Waals surface area contributed by atoms with Gasteiger partial charge in [0.1, 0.15) is 5.01 Å². The normalized spacial score (nSPS) is 10.7. The van der Waals surface area contributed by atoms with Crippen molar-refractivity contribution in [2.45, 2.75) is 6.54 Å². The van der Waals surface area contributed by atoms with Crippen LogP contribution in [0, 0.1) is 0 Å². The molecule has 4 N–H and O–H groups in total. The third-order valence-corrected chi connectivity index (χ3v) is 2.88. The summed E-state index contributed by atoms with van der Waals surface area (Å²) in [5.41, 5.74) is 2.43. The van der Waals surface area contributed by atoms with Gasteiger partial charge in [-0.3, -0.25) is 15.1 Å². The van der Waals surface area contributed by atoms with Crippen molar-refractivity contribution in [2.24, 2.45) is 5.84 Å². The number of carbonyl (C=O) groups excluding carboxylic acids is 1. The van der Waals surface area contributed by atoms with Gasteiger partial charge in [-0.25, -0.2) is 5.84 Å². The van der Waals surface area contributed by atoms with E-state index in [0.717, 1.165) is 5.01 Å². The second kappa shape index (κ2) is 7.93. The van der Waals surface area contributed by atoms with Gasteiger partial charge >= 0.3 is 0 Å². The lowest BCUT2D eigenvalue weighted by molar-refractivity contribution is -0.122. The Morgan fingerprint density at radius 1 is 1.56 bits per heavy atom. The number of carbonyl (C=O) groups is 1. The van der Waals surface area contributed by atoms with Gasteiger partial charge in [-0.05, 0) is 7.05 Å². The van der Waals surface area contributed by atoms with Crippen LogP contribution in [0.5, 0.6) is 0 Å². The number of anilines is 1. The molecule has 0 radical (unpaired) electrons. The Kier molecular flexibility index (Phi) is 6.50. The highest BCUT2D eigenvalue weighted by Crippen LogP contribution is 2.14. The monoisotopic (exact) mass is 274 g/mol. The van der Waals surface area contributed by atoms with Crippen molar-refractivity contribution >= 4 is 22.4 Å². The van der Waals surface area contributed by atoms with Gasteiger partial charge in [0.25, 0.3) is 0 Å². The first-order valence-corrected chi connectivity index (χ1v) is 6.20. The number of nitrogens with zero attached hydrogens (tertiary/aromatic N) is 3. The zero-order valence-corrected chi connectivity index (χ0v) is 11.3. The average molecular weight is 274 g/mol. The summed E-state index contributed by atoms with van der Waals surface area (Å²) in [6.45, 7) is 1.88. The molecule has 1 amide bonds. The molecule has 0 aliphatic rings. The molecule has 0 aromatic carbocycles. The average Bonchev–Trinajstić information content (AvgIpc) is 2.76. The molecule has 1 rings (SSSR count). The zero-order valence-electron chi connectivity index (χ0n) is 10.5. The quantitative estimate of drug-likeness (QED) is 0.318. The van der Waals surface area contributed by atoms with E-state index in [1.165, 1.54) is 11.3 Å². The van der Waals surface area contributed by atoms with E-state index in [1.807, 2.05) is 11.9 Å². The van der Waals surface area contributed by atoms with Crippen molar-refractivity contribution in [1.29, 1.82) is 0 Å². The van der Waals surface area contributed by atoms with E-state index < -0.39 is 0 Å². The van der Waals surface area contributed by atoms with Gasteiger partial charge in [-0.15, -0.1) is 10.2 Å². The number of hydrogen-bond donors (Lipinski definition) is 3. The zero-order chi connectivity index (χ0) is 13.4. The van der Waals surface area contributed by atoms with Crippen molar-refractivity contribution < 1.29 is 9.53 Å². The summed E-state index contributed by atoms with van der Waals surface area (Å²) in [5, 5.41) is 11.9. The molecule has 0 aliphatic carbocycles. The topological polar surface area (TPSA) is 105 Å².